The molecule has 2 aromatic carbocycles. The molecule has 0 saturated carbocycles. The molecule has 1 amide bonds. The van der Waals surface area contributed by atoms with Crippen LogP contribution in [0.5, 0.6) is 0 Å². The van der Waals surface area contributed by atoms with Crippen molar-refractivity contribution in [3.8, 4) is 11.3 Å². The summed E-state index contributed by atoms with van der Waals surface area (Å²) in [5.74, 6) is -0.0444. The minimum absolute atomic E-state index is 0.0444. The summed E-state index contributed by atoms with van der Waals surface area (Å²) in [4.78, 5) is 16.5. The van der Waals surface area contributed by atoms with Gasteiger partial charge in [0.25, 0.3) is 5.91 Å². The second-order valence-electron chi connectivity index (χ2n) is 5.46. The molecule has 122 valence electrons. The Morgan fingerprint density at radius 1 is 1.12 bits per heavy atom. The molecule has 5 heteroatoms. The number of hydrogen-bond donors (Lipinski definition) is 1. The van der Waals surface area contributed by atoms with Gasteiger partial charge >= 0.3 is 0 Å². The van der Waals surface area contributed by atoms with Crippen LogP contribution in [0.2, 0.25) is 0 Å². The Balaban J connectivity index is 1.53. The number of hydrogen-bond acceptors (Lipinski definition) is 3. The van der Waals surface area contributed by atoms with Gasteiger partial charge in [-0.1, -0.05) is 40.2 Å². The van der Waals surface area contributed by atoms with Crippen molar-refractivity contribution in [2.45, 2.75) is 13.3 Å². The van der Waals surface area contributed by atoms with Gasteiger partial charge in [0.15, 0.2) is 0 Å². The highest BCUT2D eigenvalue weighted by atomic mass is 79.9. The van der Waals surface area contributed by atoms with E-state index in [2.05, 4.69) is 55.9 Å². The Kier molecular flexibility index (Phi) is 5.43. The first-order chi connectivity index (χ1) is 11.6. The van der Waals surface area contributed by atoms with Crippen LogP contribution in [0.1, 0.15) is 20.9 Å². The largest absolute Gasteiger partial charge is 0.352 e. The van der Waals surface area contributed by atoms with E-state index in [4.69, 9.17) is 0 Å². The third-order valence-electron chi connectivity index (χ3n) is 3.67. The maximum atomic E-state index is 12.1. The van der Waals surface area contributed by atoms with Gasteiger partial charge in [-0.15, -0.1) is 11.3 Å². The minimum atomic E-state index is -0.0444. The average Bonchev–Trinajstić information content (AvgIpc) is 3.02. The molecule has 0 saturated heterocycles. The molecule has 1 aromatic heterocycles. The maximum Gasteiger partial charge on any atom is 0.251 e. The van der Waals surface area contributed by atoms with Crippen LogP contribution in [0.4, 0.5) is 0 Å². The number of carbonyl (C=O) groups is 1. The zero-order valence-corrected chi connectivity index (χ0v) is 15.7. The fraction of sp³-hybridized carbons (Fsp3) is 0.158. The first-order valence-electron chi connectivity index (χ1n) is 7.67. The van der Waals surface area contributed by atoms with E-state index in [-0.39, 0.29) is 5.91 Å². The molecule has 1 heterocycles. The number of nitrogens with zero attached hydrogens (tertiary/aromatic N) is 1. The summed E-state index contributed by atoms with van der Waals surface area (Å²) in [6.07, 6.45) is 0.804. The van der Waals surface area contributed by atoms with Gasteiger partial charge < -0.3 is 5.32 Å². The second-order valence-corrected chi connectivity index (χ2v) is 7.44. The first-order valence-corrected chi connectivity index (χ1v) is 9.34. The smallest absolute Gasteiger partial charge is 0.251 e. The standard InChI is InChI=1S/C19H17BrN2OS/c1-13-22-18(12-24-13)15-4-2-14(3-5-15)10-11-21-19(23)16-6-8-17(20)9-7-16/h2-9,12H,10-11H2,1H3,(H,21,23). The van der Waals surface area contributed by atoms with Gasteiger partial charge in [0.1, 0.15) is 0 Å². The molecular weight excluding hydrogens is 384 g/mol. The molecular formula is C19H17BrN2OS. The summed E-state index contributed by atoms with van der Waals surface area (Å²) in [6.45, 7) is 2.63. The summed E-state index contributed by atoms with van der Waals surface area (Å²) in [5.41, 5.74) is 4.02. The number of aryl methyl sites for hydroxylation is 1. The Bertz CT molecular complexity index is 825. The van der Waals surface area contributed by atoms with E-state index in [0.29, 0.717) is 12.1 Å². The van der Waals surface area contributed by atoms with Crippen LogP contribution in [0, 0.1) is 6.92 Å². The van der Waals surface area contributed by atoms with Crippen LogP contribution in [0.3, 0.4) is 0 Å². The molecule has 0 spiro atoms. The minimum Gasteiger partial charge on any atom is -0.352 e. The monoisotopic (exact) mass is 400 g/mol. The van der Waals surface area contributed by atoms with Crippen molar-refractivity contribution in [1.29, 1.82) is 0 Å². The van der Waals surface area contributed by atoms with Crippen molar-refractivity contribution in [3.63, 3.8) is 0 Å². The highest BCUT2D eigenvalue weighted by Gasteiger charge is 2.05. The number of benzene rings is 2. The number of amides is 1. The lowest BCUT2D eigenvalue weighted by molar-refractivity contribution is 0.0954. The van der Waals surface area contributed by atoms with Gasteiger partial charge in [-0.2, -0.15) is 0 Å². The number of nitrogens with one attached hydrogen (secondary N) is 1. The molecule has 3 nitrogen and oxygen atoms in total. The molecule has 3 aromatic rings. The number of halogens is 1. The molecule has 3 rings (SSSR count). The Morgan fingerprint density at radius 2 is 1.83 bits per heavy atom. The summed E-state index contributed by atoms with van der Waals surface area (Å²) in [5, 5.41) is 6.10. The van der Waals surface area contributed by atoms with Crippen LogP contribution in [-0.4, -0.2) is 17.4 Å². The zero-order chi connectivity index (χ0) is 16.9. The van der Waals surface area contributed by atoms with Crippen molar-refractivity contribution >= 4 is 33.2 Å². The van der Waals surface area contributed by atoms with E-state index in [1.165, 1.54) is 5.56 Å². The predicted octanol–water partition coefficient (Wildman–Crippen LogP) is 4.85. The highest BCUT2D eigenvalue weighted by molar-refractivity contribution is 9.10. The van der Waals surface area contributed by atoms with Crippen molar-refractivity contribution < 1.29 is 4.79 Å². The topological polar surface area (TPSA) is 42.0 Å². The first kappa shape index (κ1) is 16.9. The lowest BCUT2D eigenvalue weighted by atomic mass is 10.1. The molecule has 1 N–H and O–H groups in total. The van der Waals surface area contributed by atoms with Crippen molar-refractivity contribution in [2.24, 2.45) is 0 Å². The van der Waals surface area contributed by atoms with Gasteiger partial charge in [0, 0.05) is 27.5 Å². The van der Waals surface area contributed by atoms with Crippen LogP contribution < -0.4 is 5.32 Å². The molecule has 0 radical (unpaired) electrons. The molecule has 0 unspecified atom stereocenters. The van der Waals surface area contributed by atoms with Crippen LogP contribution in [0.25, 0.3) is 11.3 Å². The lowest BCUT2D eigenvalue weighted by Gasteiger charge is -2.06. The molecule has 0 atom stereocenters. The second kappa shape index (κ2) is 7.73. The van der Waals surface area contributed by atoms with Gasteiger partial charge in [0.2, 0.25) is 0 Å². The third kappa shape index (κ3) is 4.30. The summed E-state index contributed by atoms with van der Waals surface area (Å²) >= 11 is 5.02. The molecule has 0 bridgehead atoms. The van der Waals surface area contributed by atoms with Crippen molar-refractivity contribution in [2.75, 3.05) is 6.54 Å². The number of aromatic nitrogens is 1. The summed E-state index contributed by atoms with van der Waals surface area (Å²) < 4.78 is 0.967. The van der Waals surface area contributed by atoms with E-state index in [1.807, 2.05) is 31.2 Å². The zero-order valence-electron chi connectivity index (χ0n) is 13.3. The molecule has 0 aliphatic heterocycles. The Labute approximate surface area is 153 Å². The van der Waals surface area contributed by atoms with E-state index in [0.717, 1.165) is 27.2 Å². The molecule has 0 aliphatic rings. The Morgan fingerprint density at radius 3 is 2.46 bits per heavy atom. The predicted molar refractivity (Wildman–Crippen MR) is 102 cm³/mol. The fourth-order valence-corrected chi connectivity index (χ4v) is 3.25. The average molecular weight is 401 g/mol. The summed E-state index contributed by atoms with van der Waals surface area (Å²) in [6, 6.07) is 15.7. The van der Waals surface area contributed by atoms with E-state index >= 15 is 0 Å². The number of rotatable bonds is 5. The van der Waals surface area contributed by atoms with Gasteiger partial charge in [0.05, 0.1) is 10.7 Å². The maximum absolute atomic E-state index is 12.1. The van der Waals surface area contributed by atoms with E-state index in [9.17, 15) is 4.79 Å². The van der Waals surface area contributed by atoms with Crippen molar-refractivity contribution in [3.05, 3.63) is 74.5 Å². The third-order valence-corrected chi connectivity index (χ3v) is 4.98. The van der Waals surface area contributed by atoms with Crippen LogP contribution >= 0.6 is 27.3 Å². The van der Waals surface area contributed by atoms with Gasteiger partial charge in [-0.25, -0.2) is 4.98 Å². The van der Waals surface area contributed by atoms with Crippen LogP contribution in [-0.2, 0) is 6.42 Å². The van der Waals surface area contributed by atoms with Crippen LogP contribution in [0.15, 0.2) is 58.4 Å². The molecule has 0 fully saturated rings. The molecule has 24 heavy (non-hydrogen) atoms. The van der Waals surface area contributed by atoms with E-state index in [1.54, 1.807) is 11.3 Å². The Hall–Kier alpha value is -1.98. The SMILES string of the molecule is Cc1nc(-c2ccc(CCNC(=O)c3ccc(Br)cc3)cc2)cs1. The van der Waals surface area contributed by atoms with Gasteiger partial charge in [-0.05, 0) is 43.2 Å². The number of thiazole rings is 1. The van der Waals surface area contributed by atoms with Crippen molar-refractivity contribution in [1.82, 2.24) is 10.3 Å². The summed E-state index contributed by atoms with van der Waals surface area (Å²) in [7, 11) is 0. The fourth-order valence-electron chi connectivity index (χ4n) is 2.36. The van der Waals surface area contributed by atoms with Gasteiger partial charge in [-0.3, -0.25) is 4.79 Å². The van der Waals surface area contributed by atoms with E-state index < -0.39 is 0 Å². The quantitative estimate of drug-likeness (QED) is 0.664. The number of carbonyl (C=O) groups excluding carboxylic acids is 1. The lowest BCUT2D eigenvalue weighted by Crippen LogP contribution is -2.25. The molecule has 0 aliphatic carbocycles. The highest BCUT2D eigenvalue weighted by Crippen LogP contribution is 2.21. The normalized spacial score (nSPS) is 10.6.